The molecule has 0 bridgehead atoms. The van der Waals surface area contributed by atoms with E-state index in [-0.39, 0.29) is 0 Å². The molecule has 20 heavy (non-hydrogen) atoms. The van der Waals surface area contributed by atoms with Gasteiger partial charge in [-0.15, -0.1) is 0 Å². The van der Waals surface area contributed by atoms with Gasteiger partial charge in [0, 0.05) is 6.20 Å². The molecule has 2 aromatic carbocycles. The molecule has 102 valence electrons. The van der Waals surface area contributed by atoms with Gasteiger partial charge in [-0.1, -0.05) is 55.5 Å². The summed E-state index contributed by atoms with van der Waals surface area (Å²) in [6.07, 6.45) is 3.15. The molecule has 0 aliphatic carbocycles. The van der Waals surface area contributed by atoms with E-state index in [1.165, 1.54) is 22.0 Å². The van der Waals surface area contributed by atoms with Crippen molar-refractivity contribution in [2.45, 2.75) is 26.7 Å². The molecule has 0 N–H and O–H groups in total. The van der Waals surface area contributed by atoms with Crippen LogP contribution in [0.4, 0.5) is 0 Å². The highest BCUT2D eigenvalue weighted by atomic mass is 16.5. The number of benzene rings is 2. The highest BCUT2D eigenvalue weighted by Crippen LogP contribution is 2.21. The zero-order valence-corrected chi connectivity index (χ0v) is 11.8. The van der Waals surface area contributed by atoms with Crippen LogP contribution in [0.5, 0.6) is 0 Å². The monoisotopic (exact) mass is 265 g/mol. The van der Waals surface area contributed by atoms with Crippen molar-refractivity contribution in [3.05, 3.63) is 71.9 Å². The Bertz CT molecular complexity index is 685. The molecule has 1 heterocycles. The number of hydrogen-bond donors (Lipinski definition) is 0. The predicted octanol–water partition coefficient (Wildman–Crippen LogP) is 4.38. The number of rotatable bonds is 5. The van der Waals surface area contributed by atoms with Crippen molar-refractivity contribution >= 4 is 10.9 Å². The van der Waals surface area contributed by atoms with E-state index in [9.17, 15) is 0 Å². The molecule has 2 nitrogen and oxygen atoms in total. The van der Waals surface area contributed by atoms with Gasteiger partial charge in [0.1, 0.15) is 6.73 Å². The summed E-state index contributed by atoms with van der Waals surface area (Å²) in [6, 6.07) is 18.9. The fourth-order valence-corrected chi connectivity index (χ4v) is 2.57. The van der Waals surface area contributed by atoms with Crippen LogP contribution in [-0.4, -0.2) is 4.57 Å². The minimum absolute atomic E-state index is 0.593. The quantitative estimate of drug-likeness (QED) is 0.668. The van der Waals surface area contributed by atoms with Crippen LogP contribution in [0.15, 0.2) is 60.8 Å². The average molecular weight is 265 g/mol. The summed E-state index contributed by atoms with van der Waals surface area (Å²) in [5, 5.41) is 1.28. The smallest absolute Gasteiger partial charge is 0.123 e. The SMILES string of the molecule is CCc1cccc2ccn(COCc3ccccc3)c12. The zero-order valence-electron chi connectivity index (χ0n) is 11.8. The fourth-order valence-electron chi connectivity index (χ4n) is 2.57. The first-order chi connectivity index (χ1) is 9.88. The van der Waals surface area contributed by atoms with Gasteiger partial charge < -0.3 is 9.30 Å². The molecule has 0 fully saturated rings. The third-order valence-electron chi connectivity index (χ3n) is 3.59. The minimum atomic E-state index is 0.593. The highest BCUT2D eigenvalue weighted by molar-refractivity contribution is 5.83. The molecular formula is C18H19NO. The molecule has 0 saturated heterocycles. The standard InChI is InChI=1S/C18H19NO/c1-2-16-9-6-10-17-11-12-19(18(16)17)14-20-13-15-7-4-3-5-8-15/h3-12H,2,13-14H2,1H3. The zero-order chi connectivity index (χ0) is 13.8. The van der Waals surface area contributed by atoms with E-state index in [0.717, 1.165) is 6.42 Å². The van der Waals surface area contributed by atoms with E-state index in [1.54, 1.807) is 0 Å². The predicted molar refractivity (Wildman–Crippen MR) is 82.5 cm³/mol. The largest absolute Gasteiger partial charge is 0.356 e. The number of fused-ring (bicyclic) bond motifs is 1. The van der Waals surface area contributed by atoms with E-state index in [2.05, 4.69) is 54.1 Å². The Morgan fingerprint density at radius 2 is 1.80 bits per heavy atom. The molecule has 0 spiro atoms. The van der Waals surface area contributed by atoms with Crippen LogP contribution in [0.1, 0.15) is 18.1 Å². The summed E-state index contributed by atoms with van der Waals surface area (Å²) in [5.74, 6) is 0. The van der Waals surface area contributed by atoms with Crippen LogP contribution >= 0.6 is 0 Å². The maximum absolute atomic E-state index is 5.83. The first kappa shape index (κ1) is 12.9. The van der Waals surface area contributed by atoms with Gasteiger partial charge in [0.25, 0.3) is 0 Å². The van der Waals surface area contributed by atoms with E-state index >= 15 is 0 Å². The van der Waals surface area contributed by atoms with E-state index in [4.69, 9.17) is 4.74 Å². The lowest BCUT2D eigenvalue weighted by Crippen LogP contribution is -2.02. The van der Waals surface area contributed by atoms with Crippen molar-refractivity contribution in [1.82, 2.24) is 4.57 Å². The average Bonchev–Trinajstić information content (AvgIpc) is 2.92. The molecule has 3 rings (SSSR count). The Morgan fingerprint density at radius 3 is 2.60 bits per heavy atom. The summed E-state index contributed by atoms with van der Waals surface area (Å²) in [5.41, 5.74) is 3.87. The van der Waals surface area contributed by atoms with Crippen molar-refractivity contribution in [1.29, 1.82) is 0 Å². The Labute approximate surface area is 119 Å². The number of nitrogens with zero attached hydrogens (tertiary/aromatic N) is 1. The minimum Gasteiger partial charge on any atom is -0.356 e. The Kier molecular flexibility index (Phi) is 3.84. The van der Waals surface area contributed by atoms with Crippen molar-refractivity contribution in [2.24, 2.45) is 0 Å². The molecule has 0 amide bonds. The molecule has 0 aliphatic rings. The van der Waals surface area contributed by atoms with Gasteiger partial charge in [0.15, 0.2) is 0 Å². The maximum Gasteiger partial charge on any atom is 0.123 e. The summed E-state index contributed by atoms with van der Waals surface area (Å²) >= 11 is 0. The van der Waals surface area contributed by atoms with Crippen LogP contribution in [0, 0.1) is 0 Å². The first-order valence-corrected chi connectivity index (χ1v) is 7.07. The van der Waals surface area contributed by atoms with E-state index in [0.29, 0.717) is 13.3 Å². The molecule has 1 aromatic heterocycles. The maximum atomic E-state index is 5.83. The second kappa shape index (κ2) is 5.93. The third kappa shape index (κ3) is 2.61. The number of aromatic nitrogens is 1. The second-order valence-electron chi connectivity index (χ2n) is 4.96. The molecule has 0 radical (unpaired) electrons. The lowest BCUT2D eigenvalue weighted by molar-refractivity contribution is 0.0667. The van der Waals surface area contributed by atoms with Crippen LogP contribution in [0.2, 0.25) is 0 Å². The van der Waals surface area contributed by atoms with E-state index in [1.807, 2.05) is 18.2 Å². The second-order valence-corrected chi connectivity index (χ2v) is 4.96. The van der Waals surface area contributed by atoms with Gasteiger partial charge >= 0.3 is 0 Å². The molecule has 0 aliphatic heterocycles. The molecule has 3 aromatic rings. The normalized spacial score (nSPS) is 11.1. The van der Waals surface area contributed by atoms with Gasteiger partial charge in [-0.05, 0) is 29.0 Å². The summed E-state index contributed by atoms with van der Waals surface area (Å²) in [6.45, 7) is 3.43. The van der Waals surface area contributed by atoms with Gasteiger partial charge in [0.2, 0.25) is 0 Å². The van der Waals surface area contributed by atoms with Crippen LogP contribution in [-0.2, 0) is 24.5 Å². The van der Waals surface area contributed by atoms with Gasteiger partial charge in [-0.2, -0.15) is 0 Å². The topological polar surface area (TPSA) is 14.2 Å². The van der Waals surface area contributed by atoms with Crippen molar-refractivity contribution in [2.75, 3.05) is 0 Å². The van der Waals surface area contributed by atoms with Gasteiger partial charge in [-0.3, -0.25) is 0 Å². The Morgan fingerprint density at radius 1 is 0.950 bits per heavy atom. The fraction of sp³-hybridized carbons (Fsp3) is 0.222. The van der Waals surface area contributed by atoms with Crippen LogP contribution in [0.3, 0.4) is 0 Å². The van der Waals surface area contributed by atoms with Gasteiger partial charge in [0.05, 0.1) is 12.1 Å². The molecule has 0 saturated carbocycles. The summed E-state index contributed by atoms with van der Waals surface area (Å²) in [4.78, 5) is 0. The number of hydrogen-bond acceptors (Lipinski definition) is 1. The third-order valence-corrected chi connectivity index (χ3v) is 3.59. The Balaban J connectivity index is 1.75. The highest BCUT2D eigenvalue weighted by Gasteiger charge is 2.05. The molecule has 2 heteroatoms. The van der Waals surface area contributed by atoms with Crippen LogP contribution in [0.25, 0.3) is 10.9 Å². The molecular weight excluding hydrogens is 246 g/mol. The number of para-hydroxylation sites is 1. The summed E-state index contributed by atoms with van der Waals surface area (Å²) < 4.78 is 8.03. The first-order valence-electron chi connectivity index (χ1n) is 7.07. The number of ether oxygens (including phenoxy) is 1. The Hall–Kier alpha value is -2.06. The molecule has 0 unspecified atom stereocenters. The van der Waals surface area contributed by atoms with E-state index < -0.39 is 0 Å². The van der Waals surface area contributed by atoms with Crippen molar-refractivity contribution < 1.29 is 4.74 Å². The lowest BCUT2D eigenvalue weighted by Gasteiger charge is -2.10. The number of aryl methyl sites for hydroxylation is 1. The molecule has 0 atom stereocenters. The van der Waals surface area contributed by atoms with Crippen LogP contribution < -0.4 is 0 Å². The summed E-state index contributed by atoms with van der Waals surface area (Å²) in [7, 11) is 0. The lowest BCUT2D eigenvalue weighted by atomic mass is 10.1. The van der Waals surface area contributed by atoms with Gasteiger partial charge in [-0.25, -0.2) is 0 Å². The van der Waals surface area contributed by atoms with Crippen molar-refractivity contribution in [3.63, 3.8) is 0 Å². The van der Waals surface area contributed by atoms with Crippen molar-refractivity contribution in [3.8, 4) is 0 Å².